The molecule has 2 aliphatic rings. The molecule has 1 saturated heterocycles. The molecule has 2 fully saturated rings. The van der Waals surface area contributed by atoms with Crippen LogP contribution >= 0.6 is 0 Å². The van der Waals surface area contributed by atoms with Gasteiger partial charge in [0.15, 0.2) is 0 Å². The van der Waals surface area contributed by atoms with E-state index in [1.807, 2.05) is 0 Å². The molecule has 1 aromatic rings. The van der Waals surface area contributed by atoms with Crippen molar-refractivity contribution in [3.63, 3.8) is 0 Å². The lowest BCUT2D eigenvalue weighted by Crippen LogP contribution is -2.45. The summed E-state index contributed by atoms with van der Waals surface area (Å²) >= 11 is 0. The maximum absolute atomic E-state index is 9.70. The lowest BCUT2D eigenvalue weighted by Gasteiger charge is -2.35. The van der Waals surface area contributed by atoms with Crippen LogP contribution in [0.1, 0.15) is 30.9 Å². The third kappa shape index (κ3) is 3.19. The molecule has 1 aliphatic carbocycles. The standard InChI is InChI=1S/C15H22N2O2/c18-13-8-12(9-14(19)10-13)15(7-11-1-2-11)17-5-3-16-4-6-17/h8-11,15-16,18-19H,1-7H2/t15-/m0/s1. The van der Waals surface area contributed by atoms with Gasteiger partial charge in [0.2, 0.25) is 0 Å². The van der Waals surface area contributed by atoms with E-state index in [0.717, 1.165) is 44.1 Å². The number of nitrogens with zero attached hydrogens (tertiary/aromatic N) is 1. The van der Waals surface area contributed by atoms with Gasteiger partial charge < -0.3 is 15.5 Å². The summed E-state index contributed by atoms with van der Waals surface area (Å²) in [5, 5.41) is 22.8. The largest absolute Gasteiger partial charge is 0.508 e. The molecular weight excluding hydrogens is 240 g/mol. The molecule has 19 heavy (non-hydrogen) atoms. The van der Waals surface area contributed by atoms with E-state index in [4.69, 9.17) is 0 Å². The van der Waals surface area contributed by atoms with Crippen LogP contribution in [-0.2, 0) is 0 Å². The number of hydrogen-bond donors (Lipinski definition) is 3. The third-order valence-corrected chi connectivity index (χ3v) is 4.16. The second-order valence-corrected chi connectivity index (χ2v) is 5.76. The summed E-state index contributed by atoms with van der Waals surface area (Å²) in [6.45, 7) is 4.11. The maximum atomic E-state index is 9.70. The van der Waals surface area contributed by atoms with E-state index in [1.54, 1.807) is 12.1 Å². The lowest BCUT2D eigenvalue weighted by atomic mass is 9.98. The zero-order valence-corrected chi connectivity index (χ0v) is 11.2. The first-order valence-electron chi connectivity index (χ1n) is 7.20. The molecule has 3 rings (SSSR count). The van der Waals surface area contributed by atoms with Gasteiger partial charge in [0.05, 0.1) is 0 Å². The molecule has 104 valence electrons. The van der Waals surface area contributed by atoms with Gasteiger partial charge in [-0.15, -0.1) is 0 Å². The van der Waals surface area contributed by atoms with Crippen molar-refractivity contribution in [2.24, 2.45) is 5.92 Å². The molecule has 1 aromatic carbocycles. The Morgan fingerprint density at radius 2 is 1.74 bits per heavy atom. The molecule has 3 N–H and O–H groups in total. The van der Waals surface area contributed by atoms with E-state index in [9.17, 15) is 10.2 Å². The van der Waals surface area contributed by atoms with Crippen LogP contribution in [0.15, 0.2) is 18.2 Å². The number of hydrogen-bond acceptors (Lipinski definition) is 4. The number of phenolic OH excluding ortho intramolecular Hbond substituents is 2. The van der Waals surface area contributed by atoms with Crippen molar-refractivity contribution in [2.45, 2.75) is 25.3 Å². The Kier molecular flexibility index (Phi) is 3.62. The first-order chi connectivity index (χ1) is 9.22. The highest BCUT2D eigenvalue weighted by Gasteiger charge is 2.30. The molecule has 0 bridgehead atoms. The number of benzene rings is 1. The number of nitrogens with one attached hydrogen (secondary N) is 1. The van der Waals surface area contributed by atoms with Crippen molar-refractivity contribution in [1.82, 2.24) is 10.2 Å². The zero-order valence-electron chi connectivity index (χ0n) is 11.2. The minimum atomic E-state index is 0.158. The first-order valence-corrected chi connectivity index (χ1v) is 7.20. The Morgan fingerprint density at radius 1 is 1.11 bits per heavy atom. The van der Waals surface area contributed by atoms with Gasteiger partial charge in [-0.3, -0.25) is 4.90 Å². The Labute approximate surface area is 114 Å². The quantitative estimate of drug-likeness (QED) is 0.775. The van der Waals surface area contributed by atoms with Gasteiger partial charge in [-0.2, -0.15) is 0 Å². The van der Waals surface area contributed by atoms with Crippen molar-refractivity contribution in [2.75, 3.05) is 26.2 Å². The van der Waals surface area contributed by atoms with Crippen LogP contribution in [0.5, 0.6) is 11.5 Å². The van der Waals surface area contributed by atoms with Crippen molar-refractivity contribution in [3.05, 3.63) is 23.8 Å². The van der Waals surface area contributed by atoms with E-state index in [-0.39, 0.29) is 11.5 Å². The zero-order chi connectivity index (χ0) is 13.2. The van der Waals surface area contributed by atoms with E-state index in [2.05, 4.69) is 10.2 Å². The molecule has 0 spiro atoms. The van der Waals surface area contributed by atoms with Crippen molar-refractivity contribution < 1.29 is 10.2 Å². The first kappa shape index (κ1) is 12.8. The van der Waals surface area contributed by atoms with E-state index in [0.29, 0.717) is 6.04 Å². The SMILES string of the molecule is Oc1cc(O)cc([C@H](CC2CC2)N2CCNCC2)c1. The summed E-state index contributed by atoms with van der Waals surface area (Å²) in [7, 11) is 0. The van der Waals surface area contributed by atoms with Gasteiger partial charge in [0, 0.05) is 38.3 Å². The lowest BCUT2D eigenvalue weighted by molar-refractivity contribution is 0.160. The van der Waals surface area contributed by atoms with Crippen molar-refractivity contribution >= 4 is 0 Å². The monoisotopic (exact) mass is 262 g/mol. The average Bonchev–Trinajstić information content (AvgIpc) is 3.20. The van der Waals surface area contributed by atoms with E-state index >= 15 is 0 Å². The fraction of sp³-hybridized carbons (Fsp3) is 0.600. The summed E-state index contributed by atoms with van der Waals surface area (Å²) in [4.78, 5) is 2.48. The molecule has 0 aromatic heterocycles. The second-order valence-electron chi connectivity index (χ2n) is 5.76. The minimum absolute atomic E-state index is 0.158. The third-order valence-electron chi connectivity index (χ3n) is 4.16. The fourth-order valence-corrected chi connectivity index (χ4v) is 2.97. The Hall–Kier alpha value is -1.26. The molecule has 4 nitrogen and oxygen atoms in total. The van der Waals surface area contributed by atoms with Crippen LogP contribution in [0.3, 0.4) is 0 Å². The van der Waals surface area contributed by atoms with Gasteiger partial charge in [-0.05, 0) is 30.0 Å². The normalized spacial score (nSPS) is 22.3. The molecule has 1 atom stereocenters. The van der Waals surface area contributed by atoms with Gasteiger partial charge in [0.1, 0.15) is 11.5 Å². The molecular formula is C15H22N2O2. The Balaban J connectivity index is 1.83. The predicted molar refractivity (Wildman–Crippen MR) is 74.3 cm³/mol. The number of aromatic hydroxyl groups is 2. The smallest absolute Gasteiger partial charge is 0.119 e. The van der Waals surface area contributed by atoms with Crippen LogP contribution in [-0.4, -0.2) is 41.3 Å². The number of piperazine rings is 1. The summed E-state index contributed by atoms with van der Waals surface area (Å²) in [6, 6.07) is 5.33. The molecule has 0 amide bonds. The maximum Gasteiger partial charge on any atom is 0.119 e. The van der Waals surface area contributed by atoms with Crippen LogP contribution in [0, 0.1) is 5.92 Å². The Bertz CT molecular complexity index is 420. The molecule has 0 radical (unpaired) electrons. The summed E-state index contributed by atoms with van der Waals surface area (Å²) in [5.74, 6) is 1.14. The van der Waals surface area contributed by atoms with Crippen LogP contribution in [0.4, 0.5) is 0 Å². The highest BCUT2D eigenvalue weighted by atomic mass is 16.3. The van der Waals surface area contributed by atoms with Gasteiger partial charge in [-0.25, -0.2) is 0 Å². The second kappa shape index (κ2) is 5.39. The van der Waals surface area contributed by atoms with Gasteiger partial charge in [-0.1, -0.05) is 12.8 Å². The minimum Gasteiger partial charge on any atom is -0.508 e. The number of rotatable bonds is 4. The fourth-order valence-electron chi connectivity index (χ4n) is 2.97. The van der Waals surface area contributed by atoms with Gasteiger partial charge in [0.25, 0.3) is 0 Å². The number of phenols is 2. The molecule has 1 saturated carbocycles. The van der Waals surface area contributed by atoms with Crippen molar-refractivity contribution in [3.8, 4) is 11.5 Å². The molecule has 1 heterocycles. The highest BCUT2D eigenvalue weighted by Crippen LogP contribution is 2.41. The highest BCUT2D eigenvalue weighted by molar-refractivity contribution is 5.38. The average molecular weight is 262 g/mol. The Morgan fingerprint density at radius 3 is 2.32 bits per heavy atom. The van der Waals surface area contributed by atoms with Crippen LogP contribution < -0.4 is 5.32 Å². The summed E-state index contributed by atoms with van der Waals surface area (Å²) < 4.78 is 0. The molecule has 1 aliphatic heterocycles. The topological polar surface area (TPSA) is 55.7 Å². The van der Waals surface area contributed by atoms with Crippen LogP contribution in [0.25, 0.3) is 0 Å². The summed E-state index contributed by atoms with van der Waals surface area (Å²) in [6.07, 6.45) is 3.80. The van der Waals surface area contributed by atoms with E-state index in [1.165, 1.54) is 18.9 Å². The predicted octanol–water partition coefficient (Wildman–Crippen LogP) is 1.84. The van der Waals surface area contributed by atoms with Crippen molar-refractivity contribution in [1.29, 1.82) is 0 Å². The van der Waals surface area contributed by atoms with Gasteiger partial charge >= 0.3 is 0 Å². The van der Waals surface area contributed by atoms with E-state index < -0.39 is 0 Å². The molecule has 0 unspecified atom stereocenters. The molecule has 4 heteroatoms. The summed E-state index contributed by atoms with van der Waals surface area (Å²) in [5.41, 5.74) is 1.05. The van der Waals surface area contributed by atoms with Crippen LogP contribution in [0.2, 0.25) is 0 Å².